The Morgan fingerprint density at radius 1 is 1.20 bits per heavy atom. The summed E-state index contributed by atoms with van der Waals surface area (Å²) in [5.41, 5.74) is 2.45. The normalized spacial score (nSPS) is 10.9. The number of H-pyrrole nitrogens is 1. The maximum absolute atomic E-state index is 13.9. The van der Waals surface area contributed by atoms with Crippen molar-refractivity contribution in [2.24, 2.45) is 0 Å². The van der Waals surface area contributed by atoms with E-state index in [2.05, 4.69) is 20.9 Å². The number of carbonyl (C=O) groups excluding carboxylic acids is 1. The molecule has 0 fully saturated rings. The van der Waals surface area contributed by atoms with E-state index < -0.39 is 5.82 Å². The molecule has 1 N–H and O–H groups in total. The number of aromatic nitrogens is 1. The molecule has 1 aromatic heterocycles. The first kappa shape index (κ1) is 13.1. The molecule has 100 valence electrons. The fourth-order valence-corrected chi connectivity index (χ4v) is 2.70. The first-order valence-electron chi connectivity index (χ1n) is 6.14. The molecule has 3 aromatic rings. The van der Waals surface area contributed by atoms with Gasteiger partial charge in [0.05, 0.1) is 5.56 Å². The average molecular weight is 332 g/mol. The van der Waals surface area contributed by atoms with Gasteiger partial charge in [-0.05, 0) is 36.8 Å². The molecule has 1 heterocycles. The molecular weight excluding hydrogens is 321 g/mol. The van der Waals surface area contributed by atoms with Crippen molar-refractivity contribution in [1.29, 1.82) is 0 Å². The SMILES string of the molecule is Cc1cccc2[nH]cc(C(=O)c3ccc(Br)cc3F)c12. The van der Waals surface area contributed by atoms with Crippen molar-refractivity contribution in [2.45, 2.75) is 6.92 Å². The van der Waals surface area contributed by atoms with E-state index in [0.29, 0.717) is 10.0 Å². The maximum Gasteiger partial charge on any atom is 0.198 e. The number of carbonyl (C=O) groups is 1. The van der Waals surface area contributed by atoms with Gasteiger partial charge in [0, 0.05) is 27.1 Å². The Balaban J connectivity index is 2.18. The summed E-state index contributed by atoms with van der Waals surface area (Å²) in [5.74, 6) is -0.831. The van der Waals surface area contributed by atoms with Crippen LogP contribution in [0.3, 0.4) is 0 Å². The predicted molar refractivity (Wildman–Crippen MR) is 80.6 cm³/mol. The zero-order valence-corrected chi connectivity index (χ0v) is 12.3. The topological polar surface area (TPSA) is 32.9 Å². The third-order valence-electron chi connectivity index (χ3n) is 3.33. The van der Waals surface area contributed by atoms with Crippen LogP contribution in [0.4, 0.5) is 4.39 Å². The Bertz CT molecular complexity index is 822. The summed E-state index contributed by atoms with van der Waals surface area (Å²) in [6.45, 7) is 1.94. The van der Waals surface area contributed by atoms with Gasteiger partial charge < -0.3 is 4.98 Å². The summed E-state index contributed by atoms with van der Waals surface area (Å²) in [7, 11) is 0. The van der Waals surface area contributed by atoms with Gasteiger partial charge in [0.1, 0.15) is 5.82 Å². The minimum Gasteiger partial charge on any atom is -0.360 e. The van der Waals surface area contributed by atoms with Gasteiger partial charge in [0.15, 0.2) is 5.78 Å². The van der Waals surface area contributed by atoms with Crippen LogP contribution < -0.4 is 0 Å². The van der Waals surface area contributed by atoms with Crippen molar-refractivity contribution in [2.75, 3.05) is 0 Å². The van der Waals surface area contributed by atoms with E-state index in [0.717, 1.165) is 16.5 Å². The van der Waals surface area contributed by atoms with Crippen molar-refractivity contribution >= 4 is 32.6 Å². The molecule has 0 aliphatic heterocycles. The first-order valence-corrected chi connectivity index (χ1v) is 6.93. The van der Waals surface area contributed by atoms with E-state index in [1.54, 1.807) is 12.3 Å². The summed E-state index contributed by atoms with van der Waals surface area (Å²) in [6, 6.07) is 10.2. The lowest BCUT2D eigenvalue weighted by atomic mass is 10.00. The Hall–Kier alpha value is -1.94. The van der Waals surface area contributed by atoms with Crippen LogP contribution in [0.5, 0.6) is 0 Å². The number of hydrogen-bond acceptors (Lipinski definition) is 1. The molecule has 0 atom stereocenters. The van der Waals surface area contributed by atoms with Gasteiger partial charge in [-0.25, -0.2) is 4.39 Å². The van der Waals surface area contributed by atoms with Crippen LogP contribution in [0, 0.1) is 12.7 Å². The summed E-state index contributed by atoms with van der Waals surface area (Å²) in [5, 5.41) is 0.847. The molecule has 0 saturated heterocycles. The van der Waals surface area contributed by atoms with E-state index in [4.69, 9.17) is 0 Å². The van der Waals surface area contributed by atoms with E-state index in [1.165, 1.54) is 12.1 Å². The minimum absolute atomic E-state index is 0.0809. The summed E-state index contributed by atoms with van der Waals surface area (Å²) in [6.07, 6.45) is 1.64. The number of hydrogen-bond donors (Lipinski definition) is 1. The highest BCUT2D eigenvalue weighted by Crippen LogP contribution is 2.26. The van der Waals surface area contributed by atoms with Crippen LogP contribution >= 0.6 is 15.9 Å². The van der Waals surface area contributed by atoms with Crippen LogP contribution in [-0.4, -0.2) is 10.8 Å². The van der Waals surface area contributed by atoms with Crippen LogP contribution in [0.25, 0.3) is 10.9 Å². The van der Waals surface area contributed by atoms with Crippen molar-refractivity contribution in [3.05, 3.63) is 69.6 Å². The van der Waals surface area contributed by atoms with Crippen LogP contribution in [0.15, 0.2) is 47.1 Å². The molecule has 20 heavy (non-hydrogen) atoms. The van der Waals surface area contributed by atoms with Crippen LogP contribution in [0.1, 0.15) is 21.5 Å². The zero-order valence-electron chi connectivity index (χ0n) is 10.7. The molecule has 0 unspecified atom stereocenters. The molecule has 0 aliphatic carbocycles. The summed E-state index contributed by atoms with van der Waals surface area (Å²) >= 11 is 3.19. The fourth-order valence-electron chi connectivity index (χ4n) is 2.37. The second kappa shape index (κ2) is 4.87. The molecule has 2 nitrogen and oxygen atoms in total. The van der Waals surface area contributed by atoms with E-state index in [9.17, 15) is 9.18 Å². The lowest BCUT2D eigenvalue weighted by molar-refractivity contribution is 0.103. The number of benzene rings is 2. The standard InChI is InChI=1S/C16H11BrFNO/c1-9-3-2-4-14-15(9)12(8-19-14)16(20)11-6-5-10(17)7-13(11)18/h2-8,19H,1H3. The maximum atomic E-state index is 13.9. The Morgan fingerprint density at radius 3 is 2.75 bits per heavy atom. The quantitative estimate of drug-likeness (QED) is 0.683. The lowest BCUT2D eigenvalue weighted by Gasteiger charge is -2.04. The van der Waals surface area contributed by atoms with Crippen LogP contribution in [0.2, 0.25) is 0 Å². The second-order valence-electron chi connectivity index (χ2n) is 4.65. The summed E-state index contributed by atoms with van der Waals surface area (Å²) in [4.78, 5) is 15.6. The molecule has 2 aromatic carbocycles. The van der Waals surface area contributed by atoms with Gasteiger partial charge in [-0.3, -0.25) is 4.79 Å². The van der Waals surface area contributed by atoms with Crippen molar-refractivity contribution in [3.8, 4) is 0 Å². The highest BCUT2D eigenvalue weighted by Gasteiger charge is 2.18. The van der Waals surface area contributed by atoms with Gasteiger partial charge in [-0.15, -0.1) is 0 Å². The third kappa shape index (κ3) is 2.06. The number of aryl methyl sites for hydroxylation is 1. The summed E-state index contributed by atoms with van der Waals surface area (Å²) < 4.78 is 14.5. The second-order valence-corrected chi connectivity index (χ2v) is 5.57. The van der Waals surface area contributed by atoms with Gasteiger partial charge in [0.25, 0.3) is 0 Å². The molecule has 0 amide bonds. The smallest absolute Gasteiger partial charge is 0.198 e. The van der Waals surface area contributed by atoms with Gasteiger partial charge in [-0.1, -0.05) is 28.1 Å². The molecule has 0 spiro atoms. The minimum atomic E-state index is -0.521. The number of fused-ring (bicyclic) bond motifs is 1. The van der Waals surface area contributed by atoms with Crippen molar-refractivity contribution < 1.29 is 9.18 Å². The fraction of sp³-hybridized carbons (Fsp3) is 0.0625. The van der Waals surface area contributed by atoms with Crippen LogP contribution in [-0.2, 0) is 0 Å². The van der Waals surface area contributed by atoms with E-state index >= 15 is 0 Å². The van der Waals surface area contributed by atoms with Gasteiger partial charge >= 0.3 is 0 Å². The first-order chi connectivity index (χ1) is 9.58. The average Bonchev–Trinajstić information content (AvgIpc) is 2.83. The van der Waals surface area contributed by atoms with Crippen molar-refractivity contribution in [3.63, 3.8) is 0 Å². The Kier molecular flexibility index (Phi) is 3.18. The largest absolute Gasteiger partial charge is 0.360 e. The number of nitrogens with one attached hydrogen (secondary N) is 1. The Morgan fingerprint density at radius 2 is 2.00 bits per heavy atom. The molecule has 0 radical (unpaired) electrons. The monoisotopic (exact) mass is 331 g/mol. The molecule has 3 rings (SSSR count). The predicted octanol–water partition coefficient (Wildman–Crippen LogP) is 4.61. The highest BCUT2D eigenvalue weighted by molar-refractivity contribution is 9.10. The molecular formula is C16H11BrFNO. The number of ketones is 1. The van der Waals surface area contributed by atoms with Gasteiger partial charge in [-0.2, -0.15) is 0 Å². The molecule has 0 aliphatic rings. The molecule has 4 heteroatoms. The third-order valence-corrected chi connectivity index (χ3v) is 3.83. The van der Waals surface area contributed by atoms with Gasteiger partial charge in [0.2, 0.25) is 0 Å². The van der Waals surface area contributed by atoms with E-state index in [1.807, 2.05) is 25.1 Å². The number of rotatable bonds is 2. The number of aromatic amines is 1. The Labute approximate surface area is 123 Å². The lowest BCUT2D eigenvalue weighted by Crippen LogP contribution is -2.04. The highest BCUT2D eigenvalue weighted by atomic mass is 79.9. The van der Waals surface area contributed by atoms with E-state index in [-0.39, 0.29) is 11.3 Å². The molecule has 0 saturated carbocycles. The van der Waals surface area contributed by atoms with Crippen molar-refractivity contribution in [1.82, 2.24) is 4.98 Å². The number of halogens is 2. The molecule has 0 bridgehead atoms. The zero-order chi connectivity index (χ0) is 14.3.